The van der Waals surface area contributed by atoms with Crippen molar-refractivity contribution in [3.63, 3.8) is 0 Å². The number of fused-ring (bicyclic) bond motifs is 1. The maximum Gasteiger partial charge on any atom is 0.435 e. The second-order valence-corrected chi connectivity index (χ2v) is 10.8. The topological polar surface area (TPSA) is 118 Å². The number of hydrazone groups is 1. The molecule has 5 rings (SSSR count). The summed E-state index contributed by atoms with van der Waals surface area (Å²) in [4.78, 5) is 42.1. The number of hydrogen-bond donors (Lipinski definition) is 2. The van der Waals surface area contributed by atoms with Gasteiger partial charge in [0.05, 0.1) is 23.8 Å². The molecule has 1 aliphatic heterocycles. The van der Waals surface area contributed by atoms with Crippen molar-refractivity contribution >= 4 is 23.3 Å². The number of hydrogen-bond acceptors (Lipinski definition) is 6. The van der Waals surface area contributed by atoms with E-state index < -0.39 is 77.7 Å². The number of nitrogens with two attached hydrogens (primary N) is 1. The van der Waals surface area contributed by atoms with Crippen LogP contribution in [0.15, 0.2) is 72.0 Å². The molecule has 234 valence electrons. The van der Waals surface area contributed by atoms with Crippen LogP contribution in [0.25, 0.3) is 11.1 Å². The largest absolute Gasteiger partial charge is 0.435 e. The molecular weight excluding hydrogens is 604 g/mol. The molecule has 0 radical (unpaired) electrons. The molecule has 3 atom stereocenters. The molecule has 0 spiro atoms. The van der Waals surface area contributed by atoms with Gasteiger partial charge in [0.2, 0.25) is 5.91 Å². The van der Waals surface area contributed by atoms with E-state index >= 15 is 0 Å². The van der Waals surface area contributed by atoms with Crippen molar-refractivity contribution in [2.24, 2.45) is 22.7 Å². The third-order valence-electron chi connectivity index (χ3n) is 7.54. The third-order valence-corrected chi connectivity index (χ3v) is 7.54. The standard InChI is InChI=1S/C31H25F6N5O3/c1-15-21-12-22(21)26(43)13-42(41-29(15)31(35,36)37)14-27(44)40-25(9-16-7-18(32)11-19(33)8-16)28-20(3-2-6-39-28)17-4-5-24(34)23(10-17)30(38)45/h2-8,10-11,21-22,25H,1,9,12-14H2,(H2,38,45)(H,40,44). The van der Waals surface area contributed by atoms with Crippen LogP contribution in [0, 0.1) is 29.3 Å². The lowest BCUT2D eigenvalue weighted by Crippen LogP contribution is -2.42. The fourth-order valence-corrected chi connectivity index (χ4v) is 5.39. The van der Waals surface area contributed by atoms with E-state index in [1.165, 1.54) is 24.4 Å². The number of alkyl halides is 3. The summed E-state index contributed by atoms with van der Waals surface area (Å²) in [5.74, 6) is -6.29. The number of benzene rings is 2. The minimum absolute atomic E-state index is 0.0984. The molecule has 2 aliphatic rings. The number of carbonyl (C=O) groups excluding carboxylic acids is 3. The van der Waals surface area contributed by atoms with Crippen molar-refractivity contribution in [2.75, 3.05) is 13.1 Å². The maximum absolute atomic E-state index is 14.2. The smallest absolute Gasteiger partial charge is 0.366 e. The highest BCUT2D eigenvalue weighted by Crippen LogP contribution is 2.47. The Morgan fingerprint density at radius 3 is 2.44 bits per heavy atom. The first-order chi connectivity index (χ1) is 21.2. The molecule has 8 nitrogen and oxygen atoms in total. The predicted molar refractivity (Wildman–Crippen MR) is 150 cm³/mol. The number of pyridine rings is 1. The van der Waals surface area contributed by atoms with Crippen molar-refractivity contribution in [3.8, 4) is 11.1 Å². The summed E-state index contributed by atoms with van der Waals surface area (Å²) in [6.45, 7) is 2.16. The molecule has 0 bridgehead atoms. The lowest BCUT2D eigenvalue weighted by Gasteiger charge is -2.26. The second kappa shape index (κ2) is 12.2. The number of amides is 2. The van der Waals surface area contributed by atoms with Crippen LogP contribution in [0.3, 0.4) is 0 Å². The van der Waals surface area contributed by atoms with Crippen LogP contribution in [0.1, 0.15) is 34.1 Å². The minimum Gasteiger partial charge on any atom is -0.366 e. The molecule has 3 aromatic rings. The van der Waals surface area contributed by atoms with Crippen LogP contribution in [-0.4, -0.2) is 52.6 Å². The van der Waals surface area contributed by atoms with Gasteiger partial charge in [0.1, 0.15) is 24.0 Å². The zero-order chi connectivity index (χ0) is 32.6. The maximum atomic E-state index is 14.2. The summed E-state index contributed by atoms with van der Waals surface area (Å²) >= 11 is 0. The molecule has 0 saturated heterocycles. The SMILES string of the molecule is C=C1C(C(F)(F)F)=NN(CC(=O)NC(Cc2cc(F)cc(F)c2)c2ncccc2-c2ccc(F)c(C(N)=O)c2)CC(=O)C2CC12. The summed E-state index contributed by atoms with van der Waals surface area (Å²) in [6, 6.07) is 8.14. The Morgan fingerprint density at radius 1 is 1.07 bits per heavy atom. The number of Topliss-reactive ketones (excluding diaryl/α,β-unsaturated/α-hetero) is 1. The highest BCUT2D eigenvalue weighted by molar-refractivity contribution is 6.06. The fraction of sp³-hybridized carbons (Fsp3) is 0.258. The Balaban J connectivity index is 1.50. The normalized spacial score (nSPS) is 18.8. The van der Waals surface area contributed by atoms with Gasteiger partial charge in [0.15, 0.2) is 11.5 Å². The van der Waals surface area contributed by atoms with Gasteiger partial charge in [-0.15, -0.1) is 0 Å². The van der Waals surface area contributed by atoms with Crippen LogP contribution in [0.4, 0.5) is 26.3 Å². The average molecular weight is 630 g/mol. The highest BCUT2D eigenvalue weighted by atomic mass is 19.4. The Morgan fingerprint density at radius 2 is 1.78 bits per heavy atom. The van der Waals surface area contributed by atoms with Crippen molar-refractivity contribution in [1.82, 2.24) is 15.3 Å². The Kier molecular flexibility index (Phi) is 8.50. The number of allylic oxidation sites excluding steroid dienone is 1. The molecule has 2 amide bonds. The van der Waals surface area contributed by atoms with Crippen LogP contribution < -0.4 is 11.1 Å². The zero-order valence-corrected chi connectivity index (χ0v) is 23.4. The van der Waals surface area contributed by atoms with E-state index in [4.69, 9.17) is 5.73 Å². The van der Waals surface area contributed by atoms with Crippen molar-refractivity contribution in [2.45, 2.75) is 25.1 Å². The number of primary amides is 1. The van der Waals surface area contributed by atoms with E-state index in [2.05, 4.69) is 22.0 Å². The monoisotopic (exact) mass is 629 g/mol. The number of carbonyl (C=O) groups is 3. The number of rotatable bonds is 8. The quantitative estimate of drug-likeness (QED) is 0.352. The first-order valence-electron chi connectivity index (χ1n) is 13.6. The molecule has 2 heterocycles. The van der Waals surface area contributed by atoms with E-state index in [-0.39, 0.29) is 46.6 Å². The number of aromatic nitrogens is 1. The fourth-order valence-electron chi connectivity index (χ4n) is 5.39. The Bertz CT molecular complexity index is 1720. The van der Waals surface area contributed by atoms with E-state index in [0.717, 1.165) is 18.2 Å². The summed E-state index contributed by atoms with van der Waals surface area (Å²) in [5.41, 5.74) is 4.04. The minimum atomic E-state index is -4.88. The van der Waals surface area contributed by atoms with Gasteiger partial charge in [0, 0.05) is 23.7 Å². The van der Waals surface area contributed by atoms with Crippen LogP contribution >= 0.6 is 0 Å². The van der Waals surface area contributed by atoms with Crippen molar-refractivity contribution in [3.05, 3.63) is 101 Å². The van der Waals surface area contributed by atoms with Gasteiger partial charge < -0.3 is 11.1 Å². The predicted octanol–water partition coefficient (Wildman–Crippen LogP) is 4.66. The zero-order valence-electron chi connectivity index (χ0n) is 23.4. The molecular formula is C31H25F6N5O3. The number of halogens is 6. The van der Waals surface area contributed by atoms with Crippen LogP contribution in [-0.2, 0) is 16.0 Å². The highest BCUT2D eigenvalue weighted by Gasteiger charge is 2.52. The molecule has 1 aromatic heterocycles. The number of ketones is 1. The van der Waals surface area contributed by atoms with Gasteiger partial charge in [-0.3, -0.25) is 24.4 Å². The summed E-state index contributed by atoms with van der Waals surface area (Å²) in [5, 5.41) is 6.92. The van der Waals surface area contributed by atoms with Gasteiger partial charge in [0.25, 0.3) is 5.91 Å². The van der Waals surface area contributed by atoms with E-state index in [0.29, 0.717) is 11.1 Å². The van der Waals surface area contributed by atoms with Crippen LogP contribution in [0.5, 0.6) is 0 Å². The van der Waals surface area contributed by atoms with Crippen molar-refractivity contribution in [1.29, 1.82) is 0 Å². The van der Waals surface area contributed by atoms with Crippen molar-refractivity contribution < 1.29 is 40.7 Å². The molecule has 3 N–H and O–H groups in total. The summed E-state index contributed by atoms with van der Waals surface area (Å²) < 4.78 is 83.9. The molecule has 1 aliphatic carbocycles. The first kappa shape index (κ1) is 31.4. The number of nitrogens with zero attached hydrogens (tertiary/aromatic N) is 3. The third kappa shape index (κ3) is 7.05. The van der Waals surface area contributed by atoms with Gasteiger partial charge in [-0.1, -0.05) is 18.7 Å². The summed E-state index contributed by atoms with van der Waals surface area (Å²) in [6.07, 6.45) is -3.56. The molecule has 3 unspecified atom stereocenters. The Labute approximate surface area is 252 Å². The average Bonchev–Trinajstić information content (AvgIpc) is 3.75. The summed E-state index contributed by atoms with van der Waals surface area (Å²) in [7, 11) is 0. The second-order valence-electron chi connectivity index (χ2n) is 10.8. The Hall–Kier alpha value is -5.01. The molecule has 2 aromatic carbocycles. The molecule has 14 heteroatoms. The van der Waals surface area contributed by atoms with Gasteiger partial charge in [-0.2, -0.15) is 18.3 Å². The van der Waals surface area contributed by atoms with Crippen LogP contribution in [0.2, 0.25) is 0 Å². The molecule has 1 saturated carbocycles. The lowest BCUT2D eigenvalue weighted by atomic mass is 9.94. The molecule has 45 heavy (non-hydrogen) atoms. The van der Waals surface area contributed by atoms with Gasteiger partial charge in [-0.25, -0.2) is 13.2 Å². The van der Waals surface area contributed by atoms with Gasteiger partial charge >= 0.3 is 6.18 Å². The number of nitrogens with one attached hydrogen (secondary N) is 1. The van der Waals surface area contributed by atoms with E-state index in [9.17, 15) is 40.7 Å². The van der Waals surface area contributed by atoms with Gasteiger partial charge in [-0.05, 0) is 65.8 Å². The molecule has 1 fully saturated rings. The van der Waals surface area contributed by atoms with E-state index in [1.54, 1.807) is 6.07 Å². The van der Waals surface area contributed by atoms with E-state index in [1.807, 2.05) is 0 Å². The first-order valence-corrected chi connectivity index (χ1v) is 13.6. The lowest BCUT2D eigenvalue weighted by molar-refractivity contribution is -0.125.